The number of pyridine rings is 1. The highest BCUT2D eigenvalue weighted by Crippen LogP contribution is 2.45. The molecule has 0 aromatic carbocycles. The largest absolute Gasteiger partial charge is 0.383 e. The summed E-state index contributed by atoms with van der Waals surface area (Å²) in [4.78, 5) is 37.7. The Balaban J connectivity index is 1.26. The van der Waals surface area contributed by atoms with Gasteiger partial charge in [-0.3, -0.25) is 14.7 Å². The van der Waals surface area contributed by atoms with Crippen LogP contribution in [0.3, 0.4) is 0 Å². The summed E-state index contributed by atoms with van der Waals surface area (Å²) in [5.74, 6) is 0.784. The smallest absolute Gasteiger partial charge is 0.272 e. The van der Waals surface area contributed by atoms with Gasteiger partial charge in [0.15, 0.2) is 17.2 Å². The molecule has 3 N–H and O–H groups in total. The number of aromatic nitrogens is 8. The van der Waals surface area contributed by atoms with Gasteiger partial charge >= 0.3 is 0 Å². The van der Waals surface area contributed by atoms with Gasteiger partial charge in [-0.1, -0.05) is 0 Å². The number of piperidine rings is 1. The fraction of sp³-hybridized carbons (Fsp3) is 0.321. The molecule has 202 valence electrons. The van der Waals surface area contributed by atoms with E-state index in [1.54, 1.807) is 35.5 Å². The van der Waals surface area contributed by atoms with Gasteiger partial charge in [0, 0.05) is 47.7 Å². The number of anilines is 1. The molecule has 0 spiro atoms. The minimum Gasteiger partial charge on any atom is -0.383 e. The van der Waals surface area contributed by atoms with Crippen LogP contribution in [-0.4, -0.2) is 68.2 Å². The van der Waals surface area contributed by atoms with Crippen molar-refractivity contribution in [1.29, 1.82) is 0 Å². The Hall–Kier alpha value is -4.87. The lowest BCUT2D eigenvalue weighted by Gasteiger charge is -2.39. The zero-order chi connectivity index (χ0) is 27.5. The molecule has 7 rings (SSSR count). The highest BCUT2D eigenvalue weighted by Gasteiger charge is 2.45. The summed E-state index contributed by atoms with van der Waals surface area (Å²) < 4.78 is 3.26. The molecule has 2 aliphatic heterocycles. The van der Waals surface area contributed by atoms with Gasteiger partial charge in [-0.25, -0.2) is 14.6 Å². The summed E-state index contributed by atoms with van der Waals surface area (Å²) in [7, 11) is 0. The monoisotopic (exact) mass is 536 g/mol. The van der Waals surface area contributed by atoms with E-state index in [9.17, 15) is 9.59 Å². The molecule has 2 saturated heterocycles. The van der Waals surface area contributed by atoms with Crippen molar-refractivity contribution < 1.29 is 9.59 Å². The first-order valence-electron chi connectivity index (χ1n) is 13.4. The third-order valence-electron chi connectivity index (χ3n) is 8.15. The number of amides is 1. The second-order valence-electron chi connectivity index (χ2n) is 10.7. The molecule has 1 amide bonds. The summed E-state index contributed by atoms with van der Waals surface area (Å²) in [6.07, 6.45) is 12.0. The molecule has 7 heterocycles. The van der Waals surface area contributed by atoms with E-state index < -0.39 is 0 Å². The van der Waals surface area contributed by atoms with Gasteiger partial charge in [0.05, 0.1) is 23.7 Å². The Morgan fingerprint density at radius 1 is 1.05 bits per heavy atom. The number of carbonyl (C=O) groups is 2. The lowest BCUT2D eigenvalue weighted by molar-refractivity contribution is 0.0562. The van der Waals surface area contributed by atoms with Gasteiger partial charge < -0.3 is 10.6 Å². The number of H-pyrrole nitrogens is 1. The second-order valence-corrected chi connectivity index (χ2v) is 10.7. The number of rotatable bonds is 5. The summed E-state index contributed by atoms with van der Waals surface area (Å²) >= 11 is 0. The molecule has 2 aliphatic rings. The van der Waals surface area contributed by atoms with Crippen LogP contribution in [0.15, 0.2) is 49.2 Å². The van der Waals surface area contributed by atoms with Gasteiger partial charge in [0.2, 0.25) is 0 Å². The maximum atomic E-state index is 13.2. The van der Waals surface area contributed by atoms with E-state index in [-0.39, 0.29) is 35.5 Å². The van der Waals surface area contributed by atoms with Gasteiger partial charge in [-0.05, 0) is 63.3 Å². The minimum absolute atomic E-state index is 0.0131. The number of fused-ring (bicyclic) bond motifs is 3. The highest BCUT2D eigenvalue weighted by molar-refractivity contribution is 6.00. The topological polar surface area (TPSA) is 153 Å². The van der Waals surface area contributed by atoms with Crippen LogP contribution < -0.4 is 5.73 Å². The van der Waals surface area contributed by atoms with Crippen LogP contribution in [0, 0.1) is 6.92 Å². The maximum absolute atomic E-state index is 13.2. The van der Waals surface area contributed by atoms with Crippen molar-refractivity contribution >= 4 is 23.2 Å². The standard InChI is InChI=1S/C28H28N10O2/c1-15-11-32-36(14-15)23-6-3-17(12-30-23)21-13-33-38-26(29)24(16(2)39)25(34-27(21)38)18-9-19-4-5-20(10-18)37(19)28(40)22-7-8-31-35-22/h3,6-8,11-14,18-20H,4-5,9-10,29H2,1-2H3,(H,31,35)/t19-,20-/m1/s1. The predicted octanol–water partition coefficient (Wildman–Crippen LogP) is 3.34. The quantitative estimate of drug-likeness (QED) is 0.324. The highest BCUT2D eigenvalue weighted by atomic mass is 16.2. The molecule has 5 aromatic rings. The number of nitrogen functional groups attached to an aromatic ring is 1. The van der Waals surface area contributed by atoms with Gasteiger partial charge in [-0.2, -0.15) is 19.8 Å². The lowest BCUT2D eigenvalue weighted by atomic mass is 9.85. The molecule has 12 heteroatoms. The van der Waals surface area contributed by atoms with Crippen molar-refractivity contribution in [2.45, 2.75) is 57.5 Å². The van der Waals surface area contributed by atoms with E-state index in [0.29, 0.717) is 41.3 Å². The number of carbonyl (C=O) groups excluding carboxylic acids is 2. The fourth-order valence-electron chi connectivity index (χ4n) is 6.36. The fourth-order valence-corrected chi connectivity index (χ4v) is 6.36. The van der Waals surface area contributed by atoms with Crippen LogP contribution in [0.4, 0.5) is 5.82 Å². The number of ketones is 1. The number of nitrogens with one attached hydrogen (secondary N) is 1. The molecule has 0 unspecified atom stereocenters. The molecule has 0 aliphatic carbocycles. The van der Waals surface area contributed by atoms with Crippen molar-refractivity contribution in [3.05, 3.63) is 71.7 Å². The Morgan fingerprint density at radius 2 is 1.85 bits per heavy atom. The Morgan fingerprint density at radius 3 is 2.48 bits per heavy atom. The Kier molecular flexibility index (Phi) is 5.51. The van der Waals surface area contributed by atoms with Crippen molar-refractivity contribution in [2.75, 3.05) is 5.73 Å². The maximum Gasteiger partial charge on any atom is 0.272 e. The van der Waals surface area contributed by atoms with Crippen molar-refractivity contribution in [3.8, 4) is 16.9 Å². The van der Waals surface area contributed by atoms with Gasteiger partial charge in [-0.15, -0.1) is 0 Å². The number of aromatic amines is 1. The number of nitrogens with two attached hydrogens (primary N) is 1. The summed E-state index contributed by atoms with van der Waals surface area (Å²) in [5.41, 5.74) is 11.4. The predicted molar refractivity (Wildman–Crippen MR) is 146 cm³/mol. The van der Waals surface area contributed by atoms with E-state index in [1.165, 1.54) is 11.4 Å². The van der Waals surface area contributed by atoms with Gasteiger partial charge in [0.1, 0.15) is 11.5 Å². The van der Waals surface area contributed by atoms with Crippen LogP contribution in [0.2, 0.25) is 0 Å². The number of aryl methyl sites for hydroxylation is 1. The Bertz CT molecular complexity index is 1740. The van der Waals surface area contributed by atoms with E-state index in [1.807, 2.05) is 30.2 Å². The Labute approximate surface area is 229 Å². The third kappa shape index (κ3) is 3.78. The third-order valence-corrected chi connectivity index (χ3v) is 8.15. The first kappa shape index (κ1) is 24.2. The average molecular weight is 537 g/mol. The first-order chi connectivity index (χ1) is 19.4. The molecule has 2 fully saturated rings. The van der Waals surface area contributed by atoms with E-state index >= 15 is 0 Å². The minimum atomic E-state index is -0.150. The number of nitrogens with zero attached hydrogens (tertiary/aromatic N) is 8. The summed E-state index contributed by atoms with van der Waals surface area (Å²) in [5, 5.41) is 15.5. The number of Topliss-reactive ketones (excluding diaryl/α,β-unsaturated/α-hetero) is 1. The van der Waals surface area contributed by atoms with Crippen molar-refractivity contribution in [3.63, 3.8) is 0 Å². The van der Waals surface area contributed by atoms with E-state index in [0.717, 1.165) is 29.5 Å². The normalized spacial score (nSPS) is 20.4. The molecular weight excluding hydrogens is 508 g/mol. The lowest BCUT2D eigenvalue weighted by Crippen LogP contribution is -2.46. The average Bonchev–Trinajstić information content (AvgIpc) is 3.75. The van der Waals surface area contributed by atoms with Gasteiger partial charge in [0.25, 0.3) is 5.91 Å². The second kappa shape index (κ2) is 9.11. The zero-order valence-electron chi connectivity index (χ0n) is 22.2. The molecular formula is C28H28N10O2. The SMILES string of the molecule is CC(=O)c1c(C2C[C@H]3CC[C@H](C2)N3C(=O)c2ccn[nH]2)nc2c(-c3ccc(-n4cc(C)cn4)nc3)cnn2c1N. The van der Waals surface area contributed by atoms with E-state index in [4.69, 9.17) is 10.7 Å². The molecule has 40 heavy (non-hydrogen) atoms. The molecule has 5 aromatic heterocycles. The summed E-state index contributed by atoms with van der Waals surface area (Å²) in [6.45, 7) is 3.49. The van der Waals surface area contributed by atoms with E-state index in [2.05, 4.69) is 25.4 Å². The molecule has 12 nitrogen and oxygen atoms in total. The number of hydrogen-bond acceptors (Lipinski definition) is 8. The number of hydrogen-bond donors (Lipinski definition) is 2. The van der Waals surface area contributed by atoms with Crippen molar-refractivity contribution in [1.82, 2.24) is 44.5 Å². The van der Waals surface area contributed by atoms with Crippen LogP contribution >= 0.6 is 0 Å². The molecule has 2 bridgehead atoms. The van der Waals surface area contributed by atoms with Crippen LogP contribution in [-0.2, 0) is 0 Å². The van der Waals surface area contributed by atoms with Crippen molar-refractivity contribution in [2.24, 2.45) is 0 Å². The molecule has 0 saturated carbocycles. The molecule has 0 radical (unpaired) electrons. The van der Waals surface area contributed by atoms with Crippen LogP contribution in [0.25, 0.3) is 22.6 Å². The van der Waals surface area contributed by atoms with Crippen LogP contribution in [0.1, 0.15) is 70.6 Å². The zero-order valence-corrected chi connectivity index (χ0v) is 22.2. The molecule has 2 atom stereocenters. The first-order valence-corrected chi connectivity index (χ1v) is 13.4. The summed E-state index contributed by atoms with van der Waals surface area (Å²) in [6, 6.07) is 5.67. The van der Waals surface area contributed by atoms with Crippen LogP contribution in [0.5, 0.6) is 0 Å².